The van der Waals surface area contributed by atoms with Crippen molar-refractivity contribution in [3.8, 4) is 0 Å². The van der Waals surface area contributed by atoms with E-state index in [9.17, 15) is 0 Å². The highest BCUT2D eigenvalue weighted by Crippen LogP contribution is 2.31. The summed E-state index contributed by atoms with van der Waals surface area (Å²) in [4.78, 5) is 10.9. The molecule has 1 unspecified atom stereocenters. The maximum absolute atomic E-state index is 5.06. The van der Waals surface area contributed by atoms with Gasteiger partial charge in [0.1, 0.15) is 0 Å². The first-order chi connectivity index (χ1) is 10.1. The highest BCUT2D eigenvalue weighted by atomic mass is 32.1. The SMILES string of the molecule is COCCNCc1sc(N2CCCC2CN(C)C)nc1C. The predicted molar refractivity (Wildman–Crippen MR) is 89.4 cm³/mol. The Kier molecular flexibility index (Phi) is 6.41. The number of thiazole rings is 1. The van der Waals surface area contributed by atoms with E-state index in [1.807, 2.05) is 11.3 Å². The largest absolute Gasteiger partial charge is 0.383 e. The van der Waals surface area contributed by atoms with Crippen LogP contribution in [-0.4, -0.2) is 63.4 Å². The van der Waals surface area contributed by atoms with E-state index in [-0.39, 0.29) is 0 Å². The van der Waals surface area contributed by atoms with E-state index in [1.54, 1.807) is 7.11 Å². The van der Waals surface area contributed by atoms with Crippen molar-refractivity contribution in [2.45, 2.75) is 32.4 Å². The Morgan fingerprint density at radius 2 is 2.29 bits per heavy atom. The molecular weight excluding hydrogens is 284 g/mol. The zero-order valence-electron chi connectivity index (χ0n) is 13.7. The minimum absolute atomic E-state index is 0.611. The molecule has 1 aromatic rings. The van der Waals surface area contributed by atoms with Crippen LogP contribution in [0.2, 0.25) is 0 Å². The number of nitrogens with zero attached hydrogens (tertiary/aromatic N) is 3. The van der Waals surface area contributed by atoms with Gasteiger partial charge in [0.25, 0.3) is 0 Å². The monoisotopic (exact) mass is 312 g/mol. The van der Waals surface area contributed by atoms with Gasteiger partial charge in [0.05, 0.1) is 12.3 Å². The standard InChI is InChI=1S/C15H28N4OS/c1-12-14(10-16-7-9-20-4)21-15(17-12)19-8-5-6-13(19)11-18(2)3/h13,16H,5-11H2,1-4H3. The number of likely N-dealkylation sites (N-methyl/N-ethyl adjacent to an activating group) is 1. The minimum atomic E-state index is 0.611. The third-order valence-electron chi connectivity index (χ3n) is 3.85. The molecule has 0 saturated carbocycles. The number of hydrogen-bond acceptors (Lipinski definition) is 6. The summed E-state index contributed by atoms with van der Waals surface area (Å²) in [5, 5.41) is 4.60. The van der Waals surface area contributed by atoms with Crippen molar-refractivity contribution in [2.75, 3.05) is 52.3 Å². The summed E-state index contributed by atoms with van der Waals surface area (Å²) < 4.78 is 5.06. The van der Waals surface area contributed by atoms with Crippen molar-refractivity contribution in [3.63, 3.8) is 0 Å². The Labute approximate surface area is 132 Å². The van der Waals surface area contributed by atoms with Crippen LogP contribution in [0.5, 0.6) is 0 Å². The Balaban J connectivity index is 1.96. The second-order valence-electron chi connectivity index (χ2n) is 5.93. The molecule has 2 heterocycles. The van der Waals surface area contributed by atoms with Gasteiger partial charge < -0.3 is 19.9 Å². The molecule has 1 saturated heterocycles. The zero-order chi connectivity index (χ0) is 15.2. The van der Waals surface area contributed by atoms with Crippen LogP contribution in [0.1, 0.15) is 23.4 Å². The number of anilines is 1. The smallest absolute Gasteiger partial charge is 0.186 e. The van der Waals surface area contributed by atoms with Gasteiger partial charge in [0.2, 0.25) is 0 Å². The second kappa shape index (κ2) is 8.08. The predicted octanol–water partition coefficient (Wildman–Crippen LogP) is 1.72. The first-order valence-electron chi connectivity index (χ1n) is 7.69. The average Bonchev–Trinajstić information content (AvgIpc) is 3.01. The van der Waals surface area contributed by atoms with Crippen LogP contribution in [0, 0.1) is 6.92 Å². The molecule has 0 spiro atoms. The van der Waals surface area contributed by atoms with Gasteiger partial charge in [0, 0.05) is 44.2 Å². The fourth-order valence-electron chi connectivity index (χ4n) is 2.77. The summed E-state index contributed by atoms with van der Waals surface area (Å²) in [7, 11) is 6.03. The molecule has 0 radical (unpaired) electrons. The molecule has 0 aliphatic carbocycles. The molecule has 0 aromatic carbocycles. The van der Waals surface area contributed by atoms with Gasteiger partial charge in [-0.25, -0.2) is 4.98 Å². The van der Waals surface area contributed by atoms with Crippen LogP contribution < -0.4 is 10.2 Å². The maximum atomic E-state index is 5.06. The number of aromatic nitrogens is 1. The molecule has 1 N–H and O–H groups in total. The summed E-state index contributed by atoms with van der Waals surface area (Å²) in [6.45, 7) is 6.89. The minimum Gasteiger partial charge on any atom is -0.383 e. The Morgan fingerprint density at radius 3 is 3.00 bits per heavy atom. The molecule has 1 aliphatic rings. The molecule has 2 rings (SSSR count). The van der Waals surface area contributed by atoms with E-state index in [2.05, 4.69) is 36.1 Å². The van der Waals surface area contributed by atoms with Crippen molar-refractivity contribution in [3.05, 3.63) is 10.6 Å². The van der Waals surface area contributed by atoms with Crippen LogP contribution >= 0.6 is 11.3 Å². The highest BCUT2D eigenvalue weighted by molar-refractivity contribution is 7.15. The first-order valence-corrected chi connectivity index (χ1v) is 8.50. The van der Waals surface area contributed by atoms with Gasteiger partial charge in [-0.1, -0.05) is 0 Å². The fraction of sp³-hybridized carbons (Fsp3) is 0.800. The van der Waals surface area contributed by atoms with E-state index in [4.69, 9.17) is 9.72 Å². The molecular formula is C15H28N4OS. The molecule has 21 heavy (non-hydrogen) atoms. The molecule has 0 bridgehead atoms. The molecule has 1 atom stereocenters. The molecule has 6 heteroatoms. The lowest BCUT2D eigenvalue weighted by molar-refractivity contribution is 0.199. The molecule has 1 aliphatic heterocycles. The van der Waals surface area contributed by atoms with E-state index in [0.29, 0.717) is 6.04 Å². The third-order valence-corrected chi connectivity index (χ3v) is 5.04. The summed E-state index contributed by atoms with van der Waals surface area (Å²) in [6.07, 6.45) is 2.55. The van der Waals surface area contributed by atoms with Gasteiger partial charge >= 0.3 is 0 Å². The third kappa shape index (κ3) is 4.64. The van der Waals surface area contributed by atoms with Crippen LogP contribution in [0.3, 0.4) is 0 Å². The average molecular weight is 312 g/mol. The van der Waals surface area contributed by atoms with Gasteiger partial charge in [0.15, 0.2) is 5.13 Å². The second-order valence-corrected chi connectivity index (χ2v) is 6.99. The van der Waals surface area contributed by atoms with Crippen LogP contribution in [0.25, 0.3) is 0 Å². The molecule has 5 nitrogen and oxygen atoms in total. The van der Waals surface area contributed by atoms with E-state index in [1.165, 1.54) is 22.9 Å². The van der Waals surface area contributed by atoms with Gasteiger partial charge in [-0.3, -0.25) is 0 Å². The van der Waals surface area contributed by atoms with Crippen molar-refractivity contribution in [2.24, 2.45) is 0 Å². The molecule has 120 valence electrons. The Morgan fingerprint density at radius 1 is 1.48 bits per heavy atom. The number of hydrogen-bond donors (Lipinski definition) is 1. The van der Waals surface area contributed by atoms with Crippen LogP contribution in [-0.2, 0) is 11.3 Å². The Hall–Kier alpha value is -0.690. The van der Waals surface area contributed by atoms with Crippen LogP contribution in [0.4, 0.5) is 5.13 Å². The summed E-state index contributed by atoms with van der Waals surface area (Å²) >= 11 is 1.84. The summed E-state index contributed by atoms with van der Waals surface area (Å²) in [6, 6.07) is 0.611. The summed E-state index contributed by atoms with van der Waals surface area (Å²) in [5.41, 5.74) is 1.16. The maximum Gasteiger partial charge on any atom is 0.186 e. The van der Waals surface area contributed by atoms with E-state index >= 15 is 0 Å². The lowest BCUT2D eigenvalue weighted by Crippen LogP contribution is -2.37. The lowest BCUT2D eigenvalue weighted by atomic mass is 10.2. The number of aryl methyl sites for hydroxylation is 1. The number of nitrogens with one attached hydrogen (secondary N) is 1. The van der Waals surface area contributed by atoms with Crippen molar-refractivity contribution in [1.82, 2.24) is 15.2 Å². The topological polar surface area (TPSA) is 40.6 Å². The number of ether oxygens (including phenoxy) is 1. The highest BCUT2D eigenvalue weighted by Gasteiger charge is 2.27. The van der Waals surface area contributed by atoms with Crippen molar-refractivity contribution >= 4 is 16.5 Å². The van der Waals surface area contributed by atoms with E-state index < -0.39 is 0 Å². The molecule has 0 amide bonds. The van der Waals surface area contributed by atoms with Gasteiger partial charge in [-0.15, -0.1) is 11.3 Å². The zero-order valence-corrected chi connectivity index (χ0v) is 14.5. The van der Waals surface area contributed by atoms with Crippen molar-refractivity contribution in [1.29, 1.82) is 0 Å². The molecule has 1 fully saturated rings. The molecule has 1 aromatic heterocycles. The van der Waals surface area contributed by atoms with Crippen LogP contribution in [0.15, 0.2) is 0 Å². The normalized spacial score (nSPS) is 18.9. The van der Waals surface area contributed by atoms with Gasteiger partial charge in [-0.2, -0.15) is 0 Å². The Bertz CT molecular complexity index is 435. The van der Waals surface area contributed by atoms with E-state index in [0.717, 1.165) is 38.5 Å². The summed E-state index contributed by atoms with van der Waals surface area (Å²) in [5.74, 6) is 0. The lowest BCUT2D eigenvalue weighted by Gasteiger charge is -2.26. The number of rotatable bonds is 8. The van der Waals surface area contributed by atoms with Crippen molar-refractivity contribution < 1.29 is 4.74 Å². The quantitative estimate of drug-likeness (QED) is 0.740. The van der Waals surface area contributed by atoms with Gasteiger partial charge in [-0.05, 0) is 33.9 Å². The fourth-order valence-corrected chi connectivity index (χ4v) is 3.90. The first kappa shape index (κ1) is 16.7. The number of methoxy groups -OCH3 is 1.